The number of aromatic nitrogens is 2. The molecule has 39 heavy (non-hydrogen) atoms. The van der Waals surface area contributed by atoms with Crippen LogP contribution in [0.1, 0.15) is 38.3 Å². The molecule has 0 radical (unpaired) electrons. The minimum Gasteiger partial charge on any atom is -0.493 e. The molecule has 4 rings (SSSR count). The molecule has 2 heterocycles. The zero-order chi connectivity index (χ0) is 28.1. The van der Waals surface area contributed by atoms with Crippen molar-refractivity contribution in [3.05, 3.63) is 62.8 Å². The number of piperidine rings is 1. The summed E-state index contributed by atoms with van der Waals surface area (Å²) in [6, 6.07) is 9.43. The van der Waals surface area contributed by atoms with Gasteiger partial charge in [-0.05, 0) is 62.6 Å². The number of hydrogen-bond acceptors (Lipinski definition) is 6. The molecule has 0 saturated carbocycles. The van der Waals surface area contributed by atoms with Crippen LogP contribution >= 0.6 is 0 Å². The Labute approximate surface area is 224 Å². The third-order valence-electron chi connectivity index (χ3n) is 6.73. The van der Waals surface area contributed by atoms with Gasteiger partial charge in [-0.15, -0.1) is 0 Å². The molecule has 3 aromatic rings. The third-order valence-corrected chi connectivity index (χ3v) is 6.73. The van der Waals surface area contributed by atoms with Crippen molar-refractivity contribution in [2.45, 2.75) is 51.5 Å². The predicted molar refractivity (Wildman–Crippen MR) is 143 cm³/mol. The van der Waals surface area contributed by atoms with E-state index in [9.17, 15) is 23.2 Å². The smallest absolute Gasteiger partial charge is 0.332 e. The first kappa shape index (κ1) is 28.1. The van der Waals surface area contributed by atoms with Crippen LogP contribution in [0.2, 0.25) is 0 Å². The van der Waals surface area contributed by atoms with E-state index in [-0.39, 0.29) is 29.8 Å². The molecule has 1 saturated heterocycles. The van der Waals surface area contributed by atoms with Crippen LogP contribution in [-0.4, -0.2) is 66.2 Å². The molecule has 1 amide bonds. The molecule has 0 unspecified atom stereocenters. The summed E-state index contributed by atoms with van der Waals surface area (Å²) in [5, 5.41) is 0.188. The number of methoxy groups -OCH3 is 1. The number of hydrogen-bond donors (Lipinski definition) is 0. The standard InChI is InChI=1S/C28H33F2N3O6/c1-18(2)38-26-12-19(4-7-25(26)37-3)16-32-27(35)23-13-21(39-22(14-29)15-30)5-6-24(23)33(28(32)36)20-8-10-31(17-34)11-9-20/h4-7,12-13,17-18,20,22H,8-11,14-16H2,1-3H3. The van der Waals surface area contributed by atoms with Gasteiger partial charge in [0.1, 0.15) is 19.1 Å². The SMILES string of the molecule is COc1ccc(Cn2c(=O)c3cc(OC(CF)CF)ccc3n(C3CCN(C=O)CC3)c2=O)cc1OC(C)C. The van der Waals surface area contributed by atoms with Crippen molar-refractivity contribution in [1.29, 1.82) is 0 Å². The number of ether oxygens (including phenoxy) is 3. The fourth-order valence-corrected chi connectivity index (χ4v) is 4.82. The highest BCUT2D eigenvalue weighted by molar-refractivity contribution is 5.80. The molecule has 0 N–H and O–H groups in total. The molecule has 0 spiro atoms. The number of carbonyl (C=O) groups is 1. The summed E-state index contributed by atoms with van der Waals surface area (Å²) < 4.78 is 45.6. The average molecular weight is 546 g/mol. The highest BCUT2D eigenvalue weighted by atomic mass is 19.1. The Balaban J connectivity index is 1.84. The predicted octanol–water partition coefficient (Wildman–Crippen LogP) is 3.49. The number of fused-ring (bicyclic) bond motifs is 1. The van der Waals surface area contributed by atoms with Crippen molar-refractivity contribution in [3.8, 4) is 17.2 Å². The van der Waals surface area contributed by atoms with Crippen LogP contribution in [-0.2, 0) is 11.3 Å². The van der Waals surface area contributed by atoms with Gasteiger partial charge in [0.05, 0.1) is 30.7 Å². The number of rotatable bonds is 11. The lowest BCUT2D eigenvalue weighted by Gasteiger charge is -2.31. The van der Waals surface area contributed by atoms with E-state index in [0.717, 1.165) is 11.0 Å². The molecule has 210 valence electrons. The minimum absolute atomic E-state index is 0.0398. The molecule has 1 aliphatic rings. The summed E-state index contributed by atoms with van der Waals surface area (Å²) in [6.45, 7) is 2.63. The van der Waals surface area contributed by atoms with E-state index in [1.54, 1.807) is 33.7 Å². The number of amides is 1. The topological polar surface area (TPSA) is 92.0 Å². The number of halogens is 2. The second-order valence-electron chi connectivity index (χ2n) is 9.80. The first-order valence-corrected chi connectivity index (χ1v) is 12.9. The summed E-state index contributed by atoms with van der Waals surface area (Å²) >= 11 is 0. The Morgan fingerprint density at radius 2 is 1.72 bits per heavy atom. The van der Waals surface area contributed by atoms with E-state index in [0.29, 0.717) is 48.5 Å². The molecule has 0 aliphatic carbocycles. The highest BCUT2D eigenvalue weighted by Crippen LogP contribution is 2.30. The fourth-order valence-electron chi connectivity index (χ4n) is 4.82. The zero-order valence-corrected chi connectivity index (χ0v) is 22.3. The number of likely N-dealkylation sites (tertiary alicyclic amines) is 1. The van der Waals surface area contributed by atoms with Crippen molar-refractivity contribution in [2.75, 3.05) is 33.5 Å². The van der Waals surface area contributed by atoms with Crippen molar-refractivity contribution in [2.24, 2.45) is 0 Å². The van der Waals surface area contributed by atoms with Gasteiger partial charge >= 0.3 is 5.69 Å². The van der Waals surface area contributed by atoms with Crippen LogP contribution in [0.3, 0.4) is 0 Å². The van der Waals surface area contributed by atoms with Gasteiger partial charge in [-0.3, -0.25) is 18.7 Å². The van der Waals surface area contributed by atoms with E-state index >= 15 is 0 Å². The van der Waals surface area contributed by atoms with Crippen LogP contribution < -0.4 is 25.5 Å². The van der Waals surface area contributed by atoms with Gasteiger partial charge in [0.25, 0.3) is 5.56 Å². The van der Waals surface area contributed by atoms with E-state index < -0.39 is 30.7 Å². The third kappa shape index (κ3) is 6.07. The first-order valence-electron chi connectivity index (χ1n) is 12.9. The number of alkyl halides is 2. The Hall–Kier alpha value is -3.89. The molecular weight excluding hydrogens is 512 g/mol. The molecule has 9 nitrogen and oxygen atoms in total. The van der Waals surface area contributed by atoms with Crippen LogP contribution in [0, 0.1) is 0 Å². The summed E-state index contributed by atoms with van der Waals surface area (Å²) in [5.74, 6) is 1.14. The minimum atomic E-state index is -1.29. The second kappa shape index (κ2) is 12.3. The molecule has 0 bridgehead atoms. The quantitative estimate of drug-likeness (QED) is 0.343. The Morgan fingerprint density at radius 3 is 2.33 bits per heavy atom. The van der Waals surface area contributed by atoms with Crippen LogP contribution in [0.15, 0.2) is 46.0 Å². The van der Waals surface area contributed by atoms with E-state index in [4.69, 9.17) is 14.2 Å². The van der Waals surface area contributed by atoms with Gasteiger partial charge < -0.3 is 19.1 Å². The van der Waals surface area contributed by atoms with Gasteiger partial charge in [0, 0.05) is 19.1 Å². The number of benzene rings is 2. The van der Waals surface area contributed by atoms with E-state index in [1.165, 1.54) is 19.2 Å². The van der Waals surface area contributed by atoms with Crippen LogP contribution in [0.4, 0.5) is 8.78 Å². The second-order valence-corrected chi connectivity index (χ2v) is 9.80. The van der Waals surface area contributed by atoms with Crippen molar-refractivity contribution < 1.29 is 27.8 Å². The highest BCUT2D eigenvalue weighted by Gasteiger charge is 2.25. The van der Waals surface area contributed by atoms with Gasteiger partial charge in [0.2, 0.25) is 6.41 Å². The fraction of sp³-hybridized carbons (Fsp3) is 0.464. The summed E-state index contributed by atoms with van der Waals surface area (Å²) in [7, 11) is 1.53. The maximum Gasteiger partial charge on any atom is 0.332 e. The van der Waals surface area contributed by atoms with Gasteiger partial charge in [-0.25, -0.2) is 13.6 Å². The maximum absolute atomic E-state index is 13.9. The Bertz CT molecular complexity index is 1430. The Kier molecular flexibility index (Phi) is 8.88. The van der Waals surface area contributed by atoms with Crippen LogP contribution in [0.25, 0.3) is 10.9 Å². The lowest BCUT2D eigenvalue weighted by molar-refractivity contribution is -0.119. The number of nitrogens with zero attached hydrogens (tertiary/aromatic N) is 3. The molecule has 2 aromatic carbocycles. The lowest BCUT2D eigenvalue weighted by Crippen LogP contribution is -2.44. The van der Waals surface area contributed by atoms with Gasteiger partial charge in [-0.2, -0.15) is 0 Å². The molecule has 1 aliphatic heterocycles. The molecule has 1 fully saturated rings. The average Bonchev–Trinajstić information content (AvgIpc) is 2.94. The molecule has 11 heteroatoms. The van der Waals surface area contributed by atoms with E-state index in [1.807, 2.05) is 13.8 Å². The number of carbonyl (C=O) groups excluding carboxylic acids is 1. The van der Waals surface area contributed by atoms with E-state index in [2.05, 4.69) is 0 Å². The summed E-state index contributed by atoms with van der Waals surface area (Å²) in [6.07, 6.45) is 0.439. The summed E-state index contributed by atoms with van der Waals surface area (Å²) in [4.78, 5) is 40.4. The zero-order valence-electron chi connectivity index (χ0n) is 22.3. The Morgan fingerprint density at radius 1 is 1.00 bits per heavy atom. The molecule has 0 atom stereocenters. The first-order chi connectivity index (χ1) is 18.8. The maximum atomic E-state index is 13.9. The van der Waals surface area contributed by atoms with Crippen LogP contribution in [0.5, 0.6) is 17.2 Å². The van der Waals surface area contributed by atoms with Crippen molar-refractivity contribution >= 4 is 17.3 Å². The van der Waals surface area contributed by atoms with Gasteiger partial charge in [0.15, 0.2) is 17.6 Å². The monoisotopic (exact) mass is 545 g/mol. The molecular formula is C28H33F2N3O6. The van der Waals surface area contributed by atoms with Crippen molar-refractivity contribution in [3.63, 3.8) is 0 Å². The van der Waals surface area contributed by atoms with Crippen molar-refractivity contribution in [1.82, 2.24) is 14.0 Å². The summed E-state index contributed by atoms with van der Waals surface area (Å²) in [5.41, 5.74) is 0.00268. The lowest BCUT2D eigenvalue weighted by atomic mass is 10.0. The van der Waals surface area contributed by atoms with Gasteiger partial charge in [-0.1, -0.05) is 6.07 Å². The normalized spacial score (nSPS) is 14.3. The molecule has 1 aromatic heterocycles. The largest absolute Gasteiger partial charge is 0.493 e.